The Morgan fingerprint density at radius 1 is 1.07 bits per heavy atom. The van der Waals surface area contributed by atoms with Crippen molar-refractivity contribution in [1.29, 1.82) is 0 Å². The third-order valence-corrected chi connectivity index (χ3v) is 8.60. The summed E-state index contributed by atoms with van der Waals surface area (Å²) in [6.45, 7) is 9.56. The Morgan fingerprint density at radius 3 is 2.62 bits per heavy atom. The predicted molar refractivity (Wildman–Crippen MR) is 164 cm³/mol. The molecule has 2 heterocycles. The molecule has 3 aromatic rings. The standard InChI is InChI=1S/C34H44FN5O.HI/c1-25-21-39(15-14-36-25)23-28-8-5-9-29(17-28)32-19-26(11-12-33(32)35)20-37-34(41)30-10-6-7-27(18-30)22-38(2)31-13-16-40(3,4)24-31;/h5-12,17-19,25,31,36H,13-16,20-24H2,1-4H3;1H/t25-,31?;/m0./s1. The van der Waals surface area contributed by atoms with Gasteiger partial charge >= 0.3 is 0 Å². The summed E-state index contributed by atoms with van der Waals surface area (Å²) in [7, 11) is 6.75. The molecule has 5 rings (SSSR count). The van der Waals surface area contributed by atoms with Crippen LogP contribution in [0.25, 0.3) is 11.1 Å². The number of likely N-dealkylation sites (tertiary alicyclic amines) is 1. The molecule has 0 spiro atoms. The molecule has 0 saturated carbocycles. The number of piperazine rings is 1. The van der Waals surface area contributed by atoms with Crippen LogP contribution in [0.3, 0.4) is 0 Å². The largest absolute Gasteiger partial charge is 1.00 e. The highest BCUT2D eigenvalue weighted by Gasteiger charge is 2.33. The summed E-state index contributed by atoms with van der Waals surface area (Å²) >= 11 is 0. The van der Waals surface area contributed by atoms with Crippen LogP contribution in [0.4, 0.5) is 4.39 Å². The second kappa shape index (κ2) is 14.4. The van der Waals surface area contributed by atoms with E-state index in [9.17, 15) is 9.18 Å². The van der Waals surface area contributed by atoms with Crippen molar-refractivity contribution in [2.75, 3.05) is 53.9 Å². The first kappa shape index (κ1) is 32.5. The lowest BCUT2D eigenvalue weighted by Gasteiger charge is -2.31. The van der Waals surface area contributed by atoms with Gasteiger partial charge in [0.25, 0.3) is 5.91 Å². The molecule has 2 aliphatic rings. The Hall–Kier alpha value is -2.37. The first-order valence-electron chi connectivity index (χ1n) is 14.9. The van der Waals surface area contributed by atoms with E-state index in [4.69, 9.17) is 0 Å². The van der Waals surface area contributed by atoms with Crippen LogP contribution in [-0.2, 0) is 19.6 Å². The molecule has 0 aromatic heterocycles. The van der Waals surface area contributed by atoms with Gasteiger partial charge in [0, 0.05) is 62.9 Å². The molecule has 226 valence electrons. The van der Waals surface area contributed by atoms with Gasteiger partial charge in [0.05, 0.1) is 33.2 Å². The van der Waals surface area contributed by atoms with E-state index < -0.39 is 0 Å². The highest BCUT2D eigenvalue weighted by molar-refractivity contribution is 5.94. The Kier molecular flexibility index (Phi) is 11.2. The monoisotopic (exact) mass is 685 g/mol. The molecule has 0 bridgehead atoms. The van der Waals surface area contributed by atoms with Crippen LogP contribution in [0.2, 0.25) is 0 Å². The topological polar surface area (TPSA) is 47.6 Å². The summed E-state index contributed by atoms with van der Waals surface area (Å²) in [4.78, 5) is 17.9. The fourth-order valence-corrected chi connectivity index (χ4v) is 6.28. The number of carbonyl (C=O) groups is 1. The zero-order valence-electron chi connectivity index (χ0n) is 25.4. The van der Waals surface area contributed by atoms with Crippen molar-refractivity contribution < 1.29 is 37.6 Å². The number of amides is 1. The molecule has 0 radical (unpaired) electrons. The summed E-state index contributed by atoms with van der Waals surface area (Å²) in [6, 6.07) is 22.2. The zero-order valence-corrected chi connectivity index (χ0v) is 27.5. The van der Waals surface area contributed by atoms with E-state index in [0.29, 0.717) is 29.8 Å². The van der Waals surface area contributed by atoms with Crippen LogP contribution >= 0.6 is 0 Å². The maximum atomic E-state index is 15.0. The molecule has 1 amide bonds. The zero-order chi connectivity index (χ0) is 29.0. The first-order chi connectivity index (χ1) is 19.6. The third kappa shape index (κ3) is 8.60. The number of nitrogens with zero attached hydrogens (tertiary/aromatic N) is 3. The predicted octanol–water partition coefficient (Wildman–Crippen LogP) is 1.50. The van der Waals surface area contributed by atoms with Gasteiger partial charge in [-0.25, -0.2) is 4.39 Å². The molecule has 2 atom stereocenters. The van der Waals surface area contributed by atoms with Crippen LogP contribution in [0.5, 0.6) is 0 Å². The Morgan fingerprint density at radius 2 is 1.86 bits per heavy atom. The molecule has 2 fully saturated rings. The van der Waals surface area contributed by atoms with Crippen molar-refractivity contribution in [3.8, 4) is 11.1 Å². The number of benzene rings is 3. The van der Waals surface area contributed by atoms with Crippen molar-refractivity contribution in [2.45, 2.75) is 45.1 Å². The Balaban J connectivity index is 0.00000405. The maximum Gasteiger partial charge on any atom is 0.251 e. The Bertz CT molecular complexity index is 1370. The molecule has 1 unspecified atom stereocenters. The van der Waals surface area contributed by atoms with Crippen molar-refractivity contribution in [1.82, 2.24) is 20.4 Å². The molecule has 0 aliphatic carbocycles. The van der Waals surface area contributed by atoms with E-state index >= 15 is 0 Å². The number of rotatable bonds is 9. The number of halogens is 2. The summed E-state index contributed by atoms with van der Waals surface area (Å²) in [5, 5.41) is 6.52. The average molecular weight is 686 g/mol. The molecular weight excluding hydrogens is 640 g/mol. The van der Waals surface area contributed by atoms with E-state index in [0.717, 1.165) is 60.4 Å². The summed E-state index contributed by atoms with van der Waals surface area (Å²) in [5.41, 5.74) is 5.25. The van der Waals surface area contributed by atoms with Gasteiger partial charge < -0.3 is 39.1 Å². The Labute approximate surface area is 267 Å². The molecule has 2 saturated heterocycles. The van der Waals surface area contributed by atoms with Crippen LogP contribution in [0, 0.1) is 5.82 Å². The lowest BCUT2D eigenvalue weighted by atomic mass is 10.00. The van der Waals surface area contributed by atoms with Crippen molar-refractivity contribution in [3.05, 3.63) is 94.8 Å². The fourth-order valence-electron chi connectivity index (χ4n) is 6.28. The molecule has 3 aromatic carbocycles. The van der Waals surface area contributed by atoms with Crippen LogP contribution in [-0.4, -0.2) is 86.1 Å². The second-order valence-corrected chi connectivity index (χ2v) is 12.7. The lowest BCUT2D eigenvalue weighted by Crippen LogP contribution is -3.00. The minimum atomic E-state index is -0.255. The fraction of sp³-hybridized carbons (Fsp3) is 0.441. The quantitative estimate of drug-likeness (QED) is 0.265. The van der Waals surface area contributed by atoms with Crippen molar-refractivity contribution in [2.24, 2.45) is 0 Å². The van der Waals surface area contributed by atoms with Gasteiger partial charge in [0.1, 0.15) is 5.82 Å². The molecule has 42 heavy (non-hydrogen) atoms. The molecule has 8 heteroatoms. The van der Waals surface area contributed by atoms with Gasteiger partial charge in [0.2, 0.25) is 0 Å². The second-order valence-electron chi connectivity index (χ2n) is 12.7. The average Bonchev–Trinajstić information content (AvgIpc) is 3.32. The lowest BCUT2D eigenvalue weighted by molar-refractivity contribution is -0.878. The summed E-state index contributed by atoms with van der Waals surface area (Å²) < 4.78 is 16.0. The minimum Gasteiger partial charge on any atom is -1.00 e. The van der Waals surface area contributed by atoms with E-state index in [-0.39, 0.29) is 35.7 Å². The number of hydrogen-bond acceptors (Lipinski definition) is 4. The maximum absolute atomic E-state index is 15.0. The molecular formula is C34H45FIN5O. The van der Waals surface area contributed by atoms with E-state index in [1.807, 2.05) is 36.4 Å². The summed E-state index contributed by atoms with van der Waals surface area (Å²) in [6.07, 6.45) is 1.20. The van der Waals surface area contributed by atoms with E-state index in [1.54, 1.807) is 6.07 Å². The number of likely N-dealkylation sites (N-methyl/N-ethyl adjacent to an activating group) is 2. The molecule has 6 nitrogen and oxygen atoms in total. The van der Waals surface area contributed by atoms with Crippen molar-refractivity contribution >= 4 is 5.91 Å². The summed E-state index contributed by atoms with van der Waals surface area (Å²) in [5.74, 6) is -0.374. The van der Waals surface area contributed by atoms with Gasteiger partial charge in [-0.1, -0.05) is 36.4 Å². The SMILES string of the molecule is C[C@H]1CN(Cc2cccc(-c3cc(CNC(=O)c4cccc(CN(C)C5CC[N+](C)(C)C5)c4)ccc3F)c2)CCN1.[I-]. The van der Waals surface area contributed by atoms with E-state index in [2.05, 4.69) is 66.7 Å². The molecule has 2 aliphatic heterocycles. The van der Waals surface area contributed by atoms with Gasteiger partial charge in [0.15, 0.2) is 0 Å². The smallest absolute Gasteiger partial charge is 0.251 e. The normalized spacial score (nSPS) is 20.3. The highest BCUT2D eigenvalue weighted by atomic mass is 127. The van der Waals surface area contributed by atoms with Gasteiger partial charge in [-0.05, 0) is 66.6 Å². The first-order valence-corrected chi connectivity index (χ1v) is 14.9. The van der Waals surface area contributed by atoms with E-state index in [1.165, 1.54) is 24.6 Å². The highest BCUT2D eigenvalue weighted by Crippen LogP contribution is 2.26. The van der Waals surface area contributed by atoms with Gasteiger partial charge in [-0.3, -0.25) is 14.6 Å². The number of hydrogen-bond donors (Lipinski definition) is 2. The van der Waals surface area contributed by atoms with Crippen LogP contribution < -0.4 is 34.6 Å². The van der Waals surface area contributed by atoms with Crippen molar-refractivity contribution in [3.63, 3.8) is 0 Å². The molecule has 2 N–H and O–H groups in total. The number of nitrogens with one attached hydrogen (secondary N) is 2. The van der Waals surface area contributed by atoms with Gasteiger partial charge in [-0.2, -0.15) is 0 Å². The third-order valence-electron chi connectivity index (χ3n) is 8.60. The number of quaternary nitrogens is 1. The number of carbonyl (C=O) groups excluding carboxylic acids is 1. The van der Waals surface area contributed by atoms with Crippen LogP contribution in [0.15, 0.2) is 66.7 Å². The van der Waals surface area contributed by atoms with Gasteiger partial charge in [-0.15, -0.1) is 0 Å². The van der Waals surface area contributed by atoms with Crippen LogP contribution in [0.1, 0.15) is 40.4 Å². The minimum absolute atomic E-state index is 0.